The van der Waals surface area contributed by atoms with Crippen molar-refractivity contribution in [1.29, 1.82) is 0 Å². The number of amides is 1. The summed E-state index contributed by atoms with van der Waals surface area (Å²) in [5.74, 6) is 3.35. The number of thioether (sulfide) groups is 2. The Morgan fingerprint density at radius 2 is 2.00 bits per heavy atom. The number of hydrogen-bond donors (Lipinski definition) is 1. The van der Waals surface area contributed by atoms with Crippen LogP contribution in [-0.4, -0.2) is 55.1 Å². The molecule has 2 aliphatic rings. The van der Waals surface area contributed by atoms with Crippen LogP contribution < -0.4 is 10.1 Å². The van der Waals surface area contributed by atoms with Crippen LogP contribution in [0, 0.1) is 0 Å². The van der Waals surface area contributed by atoms with E-state index in [4.69, 9.17) is 4.74 Å². The lowest BCUT2D eigenvalue weighted by molar-refractivity contribution is -0.134. The minimum Gasteiger partial charge on any atom is -0.484 e. The third-order valence-electron chi connectivity index (χ3n) is 4.52. The van der Waals surface area contributed by atoms with E-state index in [2.05, 4.69) is 17.4 Å². The van der Waals surface area contributed by atoms with Gasteiger partial charge in [0, 0.05) is 19.1 Å². The van der Waals surface area contributed by atoms with E-state index in [1.54, 1.807) is 0 Å². The van der Waals surface area contributed by atoms with Crippen molar-refractivity contribution >= 4 is 29.4 Å². The number of likely N-dealkylation sites (tertiary alicyclic amines) is 1. The lowest BCUT2D eigenvalue weighted by atomic mass is 10.1. The third kappa shape index (κ3) is 4.83. The average molecular weight is 367 g/mol. The maximum Gasteiger partial charge on any atom is 0.260 e. The maximum atomic E-state index is 12.3. The van der Waals surface area contributed by atoms with E-state index in [9.17, 15) is 4.79 Å². The normalized spacial score (nSPS) is 22.4. The Bertz CT molecular complexity index is 532. The summed E-state index contributed by atoms with van der Waals surface area (Å²) >= 11 is 4.03. The standard InChI is InChI=1S/C18H26N2O2S2/c1-19-15-4-2-9-20(12-15)17(21)13-22-16-7-5-14(6-8-16)18-23-10-3-11-24-18/h5-8,15,18-19H,2-4,9-13H2,1H3. The van der Waals surface area contributed by atoms with Crippen LogP contribution in [0.25, 0.3) is 0 Å². The van der Waals surface area contributed by atoms with E-state index >= 15 is 0 Å². The molecule has 1 N–H and O–H groups in total. The lowest BCUT2D eigenvalue weighted by Gasteiger charge is -2.32. The molecule has 132 valence electrons. The van der Waals surface area contributed by atoms with Gasteiger partial charge in [-0.2, -0.15) is 0 Å². The number of piperidine rings is 1. The van der Waals surface area contributed by atoms with Crippen molar-refractivity contribution in [3.8, 4) is 5.75 Å². The van der Waals surface area contributed by atoms with Gasteiger partial charge in [-0.15, -0.1) is 23.5 Å². The molecule has 0 aromatic heterocycles. The minimum atomic E-state index is 0.0809. The topological polar surface area (TPSA) is 41.6 Å². The Labute approximate surface area is 153 Å². The molecule has 0 radical (unpaired) electrons. The van der Waals surface area contributed by atoms with Gasteiger partial charge in [0.1, 0.15) is 5.75 Å². The van der Waals surface area contributed by atoms with E-state index in [1.165, 1.54) is 23.5 Å². The lowest BCUT2D eigenvalue weighted by Crippen LogP contribution is -2.48. The minimum absolute atomic E-state index is 0.0809. The van der Waals surface area contributed by atoms with Gasteiger partial charge < -0.3 is 15.0 Å². The van der Waals surface area contributed by atoms with Crippen molar-refractivity contribution in [3.63, 3.8) is 0 Å². The molecule has 4 nitrogen and oxygen atoms in total. The highest BCUT2D eigenvalue weighted by atomic mass is 32.2. The zero-order valence-corrected chi connectivity index (χ0v) is 15.8. The third-order valence-corrected chi connectivity index (χ3v) is 7.54. The highest BCUT2D eigenvalue weighted by molar-refractivity contribution is 8.16. The maximum absolute atomic E-state index is 12.3. The quantitative estimate of drug-likeness (QED) is 0.867. The molecular formula is C18H26N2O2S2. The number of carbonyl (C=O) groups is 1. The van der Waals surface area contributed by atoms with Gasteiger partial charge in [0.15, 0.2) is 6.61 Å². The molecule has 1 aromatic carbocycles. The van der Waals surface area contributed by atoms with E-state index in [0.717, 1.165) is 31.7 Å². The summed E-state index contributed by atoms with van der Waals surface area (Å²) in [6.07, 6.45) is 3.50. The zero-order chi connectivity index (χ0) is 16.8. The van der Waals surface area contributed by atoms with Crippen LogP contribution in [0.5, 0.6) is 5.75 Å². The predicted molar refractivity (Wildman–Crippen MR) is 103 cm³/mol. The summed E-state index contributed by atoms with van der Waals surface area (Å²) in [6.45, 7) is 1.76. The fourth-order valence-corrected chi connectivity index (χ4v) is 5.97. The molecule has 0 aliphatic carbocycles. The van der Waals surface area contributed by atoms with Gasteiger partial charge in [0.2, 0.25) is 0 Å². The molecule has 0 bridgehead atoms. The fraction of sp³-hybridized carbons (Fsp3) is 0.611. The summed E-state index contributed by atoms with van der Waals surface area (Å²) in [4.78, 5) is 14.2. The molecule has 1 aromatic rings. The molecule has 3 rings (SSSR count). The average Bonchev–Trinajstić information content (AvgIpc) is 2.67. The van der Waals surface area contributed by atoms with E-state index in [0.29, 0.717) is 10.6 Å². The van der Waals surface area contributed by atoms with Crippen molar-refractivity contribution in [2.75, 3.05) is 38.2 Å². The molecule has 1 atom stereocenters. The Balaban J connectivity index is 1.48. The molecule has 2 heterocycles. The number of nitrogens with one attached hydrogen (secondary N) is 1. The summed E-state index contributed by atoms with van der Waals surface area (Å²) in [6, 6.07) is 8.66. The molecule has 1 unspecified atom stereocenters. The first-order chi connectivity index (χ1) is 11.8. The van der Waals surface area contributed by atoms with E-state index in [1.807, 2.05) is 47.6 Å². The largest absolute Gasteiger partial charge is 0.484 e. The van der Waals surface area contributed by atoms with Crippen molar-refractivity contribution in [1.82, 2.24) is 10.2 Å². The fourth-order valence-electron chi connectivity index (χ4n) is 3.08. The molecule has 0 spiro atoms. The molecule has 6 heteroatoms. The van der Waals surface area contributed by atoms with Crippen molar-refractivity contribution in [2.45, 2.75) is 29.9 Å². The predicted octanol–water partition coefficient (Wildman–Crippen LogP) is 3.14. The van der Waals surface area contributed by atoms with Crippen LogP contribution in [-0.2, 0) is 4.79 Å². The SMILES string of the molecule is CNC1CCCN(C(=O)COc2ccc(C3SCCCS3)cc2)C1. The summed E-state index contributed by atoms with van der Waals surface area (Å²) < 4.78 is 6.25. The highest BCUT2D eigenvalue weighted by Crippen LogP contribution is 2.43. The second-order valence-electron chi connectivity index (χ2n) is 6.25. The van der Waals surface area contributed by atoms with Gasteiger partial charge in [-0.3, -0.25) is 4.79 Å². The van der Waals surface area contributed by atoms with Crippen molar-refractivity contribution in [2.24, 2.45) is 0 Å². The highest BCUT2D eigenvalue weighted by Gasteiger charge is 2.22. The number of likely N-dealkylation sites (N-methyl/N-ethyl adjacent to an activating group) is 1. The Kier molecular flexibility index (Phi) is 6.75. The summed E-state index contributed by atoms with van der Waals surface area (Å²) in [5.41, 5.74) is 1.34. The van der Waals surface area contributed by atoms with Crippen LogP contribution in [0.2, 0.25) is 0 Å². The first-order valence-corrected chi connectivity index (χ1v) is 10.8. The summed E-state index contributed by atoms with van der Waals surface area (Å²) in [5, 5.41) is 3.26. The number of ether oxygens (including phenoxy) is 1. The molecule has 2 saturated heterocycles. The van der Waals surface area contributed by atoms with Gasteiger partial charge in [0.05, 0.1) is 4.58 Å². The van der Waals surface area contributed by atoms with Crippen molar-refractivity contribution < 1.29 is 9.53 Å². The smallest absolute Gasteiger partial charge is 0.260 e. The van der Waals surface area contributed by atoms with Gasteiger partial charge in [-0.1, -0.05) is 12.1 Å². The first kappa shape index (κ1) is 18.0. The monoisotopic (exact) mass is 366 g/mol. The van der Waals surface area contributed by atoms with Crippen LogP contribution in [0.3, 0.4) is 0 Å². The Hall–Kier alpha value is -0.850. The van der Waals surface area contributed by atoms with Gasteiger partial charge in [0.25, 0.3) is 5.91 Å². The van der Waals surface area contributed by atoms with Crippen LogP contribution in [0.1, 0.15) is 29.4 Å². The Morgan fingerprint density at radius 1 is 1.25 bits per heavy atom. The number of nitrogens with zero attached hydrogens (tertiary/aromatic N) is 1. The van der Waals surface area contributed by atoms with E-state index < -0.39 is 0 Å². The van der Waals surface area contributed by atoms with Crippen LogP contribution in [0.15, 0.2) is 24.3 Å². The van der Waals surface area contributed by atoms with Crippen LogP contribution in [0.4, 0.5) is 0 Å². The van der Waals surface area contributed by atoms with Gasteiger partial charge in [-0.25, -0.2) is 0 Å². The second-order valence-corrected chi connectivity index (χ2v) is 8.98. The zero-order valence-electron chi connectivity index (χ0n) is 14.2. The van der Waals surface area contributed by atoms with E-state index in [-0.39, 0.29) is 12.5 Å². The second kappa shape index (κ2) is 9.02. The first-order valence-electron chi connectivity index (χ1n) is 8.67. The number of rotatable bonds is 5. The molecule has 0 saturated carbocycles. The van der Waals surface area contributed by atoms with Gasteiger partial charge >= 0.3 is 0 Å². The molecule has 2 fully saturated rings. The number of carbonyl (C=O) groups excluding carboxylic acids is 1. The van der Waals surface area contributed by atoms with Crippen LogP contribution >= 0.6 is 23.5 Å². The summed E-state index contributed by atoms with van der Waals surface area (Å²) in [7, 11) is 1.96. The molecule has 24 heavy (non-hydrogen) atoms. The molecule has 1 amide bonds. The van der Waals surface area contributed by atoms with Crippen molar-refractivity contribution in [3.05, 3.63) is 29.8 Å². The molecular weight excluding hydrogens is 340 g/mol. The molecule has 2 aliphatic heterocycles. The van der Waals surface area contributed by atoms with Gasteiger partial charge in [-0.05, 0) is 55.5 Å². The number of benzene rings is 1. The number of hydrogen-bond acceptors (Lipinski definition) is 5. The Morgan fingerprint density at radius 3 is 2.71 bits per heavy atom.